The molecule has 0 aliphatic rings. The van der Waals surface area contributed by atoms with E-state index < -0.39 is 0 Å². The van der Waals surface area contributed by atoms with Gasteiger partial charge in [0, 0.05) is 11.1 Å². The first kappa shape index (κ1) is 20.2. The summed E-state index contributed by atoms with van der Waals surface area (Å²) in [6, 6.07) is 8.70. The molecular formula is C21H25NO5. The van der Waals surface area contributed by atoms with Crippen LogP contribution in [0.1, 0.15) is 29.3 Å². The van der Waals surface area contributed by atoms with Gasteiger partial charge in [-0.3, -0.25) is 4.79 Å². The highest BCUT2D eigenvalue weighted by molar-refractivity contribution is 6.11. The van der Waals surface area contributed by atoms with Crippen molar-refractivity contribution >= 4 is 17.5 Å². The summed E-state index contributed by atoms with van der Waals surface area (Å²) >= 11 is 0. The maximum atomic E-state index is 13.0. The molecule has 2 aromatic rings. The predicted molar refractivity (Wildman–Crippen MR) is 106 cm³/mol. The molecule has 0 aliphatic carbocycles. The van der Waals surface area contributed by atoms with Gasteiger partial charge in [-0.25, -0.2) is 0 Å². The van der Waals surface area contributed by atoms with E-state index in [0.717, 1.165) is 5.56 Å². The highest BCUT2D eigenvalue weighted by Crippen LogP contribution is 2.39. The minimum atomic E-state index is -0.119. The maximum absolute atomic E-state index is 13.0. The molecule has 0 amide bonds. The summed E-state index contributed by atoms with van der Waals surface area (Å²) in [4.78, 5) is 13.0. The molecule has 2 aromatic carbocycles. The third kappa shape index (κ3) is 4.34. The Kier molecular flexibility index (Phi) is 6.71. The van der Waals surface area contributed by atoms with Crippen LogP contribution in [0.2, 0.25) is 0 Å². The summed E-state index contributed by atoms with van der Waals surface area (Å²) in [6.07, 6.45) is 2.38. The Labute approximate surface area is 159 Å². The summed E-state index contributed by atoms with van der Waals surface area (Å²) in [6.45, 7) is 1.93. The van der Waals surface area contributed by atoms with Crippen LogP contribution < -0.4 is 24.7 Å². The van der Waals surface area contributed by atoms with E-state index in [1.54, 1.807) is 31.4 Å². The Balaban J connectivity index is 2.46. The van der Waals surface area contributed by atoms with Gasteiger partial charge in [0.05, 0.1) is 34.1 Å². The summed E-state index contributed by atoms with van der Waals surface area (Å²) in [5.41, 5.74) is 8.39. The number of rotatable bonds is 8. The van der Waals surface area contributed by atoms with Crippen LogP contribution in [0.5, 0.6) is 23.0 Å². The van der Waals surface area contributed by atoms with Crippen molar-refractivity contribution in [1.29, 1.82) is 0 Å². The number of Topliss-reactive ketones (excluding diaryl/α,β-unsaturated/α-hetero) is 1. The molecule has 6 heteroatoms. The van der Waals surface area contributed by atoms with E-state index in [0.29, 0.717) is 46.2 Å². The second-order valence-electron chi connectivity index (χ2n) is 5.77. The second-order valence-corrected chi connectivity index (χ2v) is 5.77. The lowest BCUT2D eigenvalue weighted by molar-refractivity contribution is 0.103. The third-order valence-corrected chi connectivity index (χ3v) is 4.19. The predicted octanol–water partition coefficient (Wildman–Crippen LogP) is 3.98. The van der Waals surface area contributed by atoms with Crippen LogP contribution in [0.15, 0.2) is 35.9 Å². The van der Waals surface area contributed by atoms with Crippen molar-refractivity contribution in [3.8, 4) is 23.0 Å². The van der Waals surface area contributed by atoms with Gasteiger partial charge in [0.25, 0.3) is 0 Å². The first-order valence-corrected chi connectivity index (χ1v) is 8.47. The lowest BCUT2D eigenvalue weighted by Crippen LogP contribution is -2.05. The van der Waals surface area contributed by atoms with Crippen molar-refractivity contribution in [3.05, 3.63) is 47.0 Å². The van der Waals surface area contributed by atoms with E-state index in [1.807, 2.05) is 19.1 Å². The molecule has 2 rings (SSSR count). The number of carbonyl (C=O) groups excluding carboxylic acids is 1. The molecule has 0 unspecified atom stereocenters. The number of nitrogen functional groups attached to an aromatic ring is 1. The van der Waals surface area contributed by atoms with Gasteiger partial charge in [0.2, 0.25) is 5.75 Å². The topological polar surface area (TPSA) is 80.0 Å². The monoisotopic (exact) mass is 371 g/mol. The Morgan fingerprint density at radius 2 is 1.52 bits per heavy atom. The normalized spacial score (nSPS) is 11.1. The number of hydrogen-bond acceptors (Lipinski definition) is 6. The number of methoxy groups -OCH3 is 4. The van der Waals surface area contributed by atoms with Gasteiger partial charge in [0.15, 0.2) is 17.3 Å². The molecule has 6 nitrogen and oxygen atoms in total. The molecule has 27 heavy (non-hydrogen) atoms. The minimum Gasteiger partial charge on any atom is -0.495 e. The largest absolute Gasteiger partial charge is 0.495 e. The average molecular weight is 371 g/mol. The number of benzene rings is 2. The first-order chi connectivity index (χ1) is 13.0. The zero-order valence-electron chi connectivity index (χ0n) is 16.3. The molecule has 0 heterocycles. The van der Waals surface area contributed by atoms with Crippen molar-refractivity contribution in [2.24, 2.45) is 0 Å². The number of allylic oxidation sites excluding steroid dienone is 1. The molecule has 0 spiro atoms. The third-order valence-electron chi connectivity index (χ3n) is 4.19. The SMILES string of the molecule is CCC(=Cc1ccc(OC)c(N)c1)C(=O)c1cc(OC)c(OC)c(OC)c1. The molecule has 0 atom stereocenters. The Bertz CT molecular complexity index is 833. The number of anilines is 1. The molecule has 0 radical (unpaired) electrons. The van der Waals surface area contributed by atoms with Crippen molar-refractivity contribution in [1.82, 2.24) is 0 Å². The number of carbonyl (C=O) groups is 1. The van der Waals surface area contributed by atoms with Crippen LogP contribution in [0.3, 0.4) is 0 Å². The summed E-state index contributed by atoms with van der Waals surface area (Å²) in [7, 11) is 6.12. The highest BCUT2D eigenvalue weighted by Gasteiger charge is 2.19. The molecule has 0 bridgehead atoms. The molecule has 0 saturated heterocycles. The van der Waals surface area contributed by atoms with E-state index in [-0.39, 0.29) is 5.78 Å². The second kappa shape index (κ2) is 8.98. The maximum Gasteiger partial charge on any atom is 0.203 e. The number of ketones is 1. The van der Waals surface area contributed by atoms with Gasteiger partial charge in [0.1, 0.15) is 5.75 Å². The summed E-state index contributed by atoms with van der Waals surface area (Å²) < 4.78 is 21.1. The van der Waals surface area contributed by atoms with Crippen LogP contribution in [0.25, 0.3) is 6.08 Å². The molecular weight excluding hydrogens is 346 g/mol. The van der Waals surface area contributed by atoms with Crippen LogP contribution in [0, 0.1) is 0 Å². The molecule has 0 aliphatic heterocycles. The lowest BCUT2D eigenvalue weighted by Gasteiger charge is -2.14. The quantitative estimate of drug-likeness (QED) is 0.429. The van der Waals surface area contributed by atoms with E-state index in [4.69, 9.17) is 24.7 Å². The van der Waals surface area contributed by atoms with Gasteiger partial charge in [-0.05, 0) is 42.3 Å². The Morgan fingerprint density at radius 3 is 1.96 bits per heavy atom. The molecule has 0 aromatic heterocycles. The Morgan fingerprint density at radius 1 is 0.926 bits per heavy atom. The lowest BCUT2D eigenvalue weighted by atomic mass is 9.98. The molecule has 144 valence electrons. The molecule has 0 fully saturated rings. The first-order valence-electron chi connectivity index (χ1n) is 8.47. The smallest absolute Gasteiger partial charge is 0.203 e. The fourth-order valence-corrected chi connectivity index (χ4v) is 2.77. The number of hydrogen-bond donors (Lipinski definition) is 1. The van der Waals surface area contributed by atoms with Crippen LogP contribution in [-0.4, -0.2) is 34.2 Å². The van der Waals surface area contributed by atoms with Crippen molar-refractivity contribution in [3.63, 3.8) is 0 Å². The Hall–Kier alpha value is -3.15. The van der Waals surface area contributed by atoms with Crippen LogP contribution in [0.4, 0.5) is 5.69 Å². The zero-order chi connectivity index (χ0) is 20.0. The number of nitrogens with two attached hydrogens (primary N) is 1. The van der Waals surface area contributed by atoms with Crippen molar-refractivity contribution in [2.45, 2.75) is 13.3 Å². The van der Waals surface area contributed by atoms with Crippen molar-refractivity contribution in [2.75, 3.05) is 34.2 Å². The summed E-state index contributed by atoms with van der Waals surface area (Å²) in [5, 5.41) is 0. The standard InChI is InChI=1S/C21H25NO5/c1-6-14(9-13-7-8-17(24-2)16(22)10-13)20(23)15-11-18(25-3)21(27-5)19(12-15)26-4/h7-12H,6,22H2,1-5H3. The summed E-state index contributed by atoms with van der Waals surface area (Å²) in [5.74, 6) is 1.79. The molecule has 0 saturated carbocycles. The van der Waals surface area contributed by atoms with Crippen molar-refractivity contribution < 1.29 is 23.7 Å². The highest BCUT2D eigenvalue weighted by atomic mass is 16.5. The van der Waals surface area contributed by atoms with Gasteiger partial charge in [-0.1, -0.05) is 13.0 Å². The van der Waals surface area contributed by atoms with Crippen LogP contribution >= 0.6 is 0 Å². The average Bonchev–Trinajstić information content (AvgIpc) is 2.70. The van der Waals surface area contributed by atoms with E-state index >= 15 is 0 Å². The molecule has 2 N–H and O–H groups in total. The minimum absolute atomic E-state index is 0.119. The van der Waals surface area contributed by atoms with Gasteiger partial charge >= 0.3 is 0 Å². The fourth-order valence-electron chi connectivity index (χ4n) is 2.77. The van der Waals surface area contributed by atoms with Gasteiger partial charge in [-0.15, -0.1) is 0 Å². The van der Waals surface area contributed by atoms with E-state index in [9.17, 15) is 4.79 Å². The van der Waals surface area contributed by atoms with Gasteiger partial charge in [-0.2, -0.15) is 0 Å². The van der Waals surface area contributed by atoms with E-state index in [2.05, 4.69) is 0 Å². The van der Waals surface area contributed by atoms with E-state index in [1.165, 1.54) is 21.3 Å². The zero-order valence-corrected chi connectivity index (χ0v) is 16.3. The van der Waals surface area contributed by atoms with Gasteiger partial charge < -0.3 is 24.7 Å². The number of ether oxygens (including phenoxy) is 4. The fraction of sp³-hybridized carbons (Fsp3) is 0.286. The van der Waals surface area contributed by atoms with Crippen LogP contribution in [-0.2, 0) is 0 Å².